The smallest absolute Gasteiger partial charge is 0.168 e. The van der Waals surface area contributed by atoms with Crippen molar-refractivity contribution in [2.45, 2.75) is 31.0 Å². The predicted molar refractivity (Wildman–Crippen MR) is 66.6 cm³/mol. The third-order valence-electron chi connectivity index (χ3n) is 2.68. The van der Waals surface area contributed by atoms with Gasteiger partial charge in [0, 0.05) is 26.0 Å². The van der Waals surface area contributed by atoms with E-state index in [0.717, 1.165) is 29.0 Å². The number of rotatable bonds is 5. The lowest BCUT2D eigenvalue weighted by Crippen LogP contribution is -2.01. The lowest BCUT2D eigenvalue weighted by atomic mass is 10.5. The van der Waals surface area contributed by atoms with Gasteiger partial charge in [0.15, 0.2) is 5.16 Å². The Morgan fingerprint density at radius 1 is 1.41 bits per heavy atom. The molecule has 0 aromatic carbocycles. The monoisotopic (exact) mass is 252 g/mol. The number of aryl methyl sites for hydroxylation is 1. The van der Waals surface area contributed by atoms with Crippen LogP contribution in [0.4, 0.5) is 0 Å². The fraction of sp³-hybridized carbons (Fsp3) is 0.455. The van der Waals surface area contributed by atoms with E-state index >= 15 is 0 Å². The average molecular weight is 252 g/mol. The van der Waals surface area contributed by atoms with Crippen LogP contribution in [0.2, 0.25) is 0 Å². The fourth-order valence-electron chi connectivity index (χ4n) is 1.60. The fourth-order valence-corrected chi connectivity index (χ4v) is 2.54. The van der Waals surface area contributed by atoms with Crippen LogP contribution < -0.4 is 0 Å². The van der Waals surface area contributed by atoms with E-state index in [2.05, 4.69) is 21.5 Å². The molecule has 0 aliphatic rings. The second-order valence-electron chi connectivity index (χ2n) is 3.67. The van der Waals surface area contributed by atoms with E-state index in [0.29, 0.717) is 0 Å². The Morgan fingerprint density at radius 2 is 2.24 bits per heavy atom. The van der Waals surface area contributed by atoms with Gasteiger partial charge < -0.3 is 14.2 Å². The van der Waals surface area contributed by atoms with Crippen molar-refractivity contribution in [2.24, 2.45) is 7.05 Å². The van der Waals surface area contributed by atoms with Crippen molar-refractivity contribution in [2.75, 3.05) is 0 Å². The molecular weight excluding hydrogens is 236 g/mol. The summed E-state index contributed by atoms with van der Waals surface area (Å²) in [5, 5.41) is 9.98. The molecular formula is C11H16N4OS. The molecule has 6 heteroatoms. The van der Waals surface area contributed by atoms with E-state index in [1.54, 1.807) is 18.0 Å². The molecule has 17 heavy (non-hydrogen) atoms. The summed E-state index contributed by atoms with van der Waals surface area (Å²) in [5.74, 6) is 1.84. The number of hydrogen-bond donors (Lipinski definition) is 1. The lowest BCUT2D eigenvalue weighted by molar-refractivity contribution is 0.271. The van der Waals surface area contributed by atoms with Crippen LogP contribution in [0.1, 0.15) is 18.4 Å². The molecule has 0 unspecified atom stereocenters. The molecule has 0 bridgehead atoms. The summed E-state index contributed by atoms with van der Waals surface area (Å²) >= 11 is 1.63. The van der Waals surface area contributed by atoms with Gasteiger partial charge in [0.2, 0.25) is 0 Å². The SMILES string of the molecule is CCn1ccnc1CSc1ncc(CO)n1C. The number of aliphatic hydroxyl groups is 1. The van der Waals surface area contributed by atoms with Crippen molar-refractivity contribution < 1.29 is 5.11 Å². The molecule has 5 nitrogen and oxygen atoms in total. The Kier molecular flexibility index (Phi) is 3.86. The highest BCUT2D eigenvalue weighted by Gasteiger charge is 2.08. The molecule has 0 radical (unpaired) electrons. The van der Waals surface area contributed by atoms with Gasteiger partial charge >= 0.3 is 0 Å². The Morgan fingerprint density at radius 3 is 2.88 bits per heavy atom. The van der Waals surface area contributed by atoms with Gasteiger partial charge in [-0.15, -0.1) is 0 Å². The first-order valence-electron chi connectivity index (χ1n) is 5.50. The van der Waals surface area contributed by atoms with Crippen LogP contribution in [0.5, 0.6) is 0 Å². The van der Waals surface area contributed by atoms with Crippen molar-refractivity contribution in [1.82, 2.24) is 19.1 Å². The highest BCUT2D eigenvalue weighted by atomic mass is 32.2. The Balaban J connectivity index is 2.05. The topological polar surface area (TPSA) is 55.9 Å². The summed E-state index contributed by atoms with van der Waals surface area (Å²) in [6.45, 7) is 3.05. The zero-order valence-electron chi connectivity index (χ0n) is 10.00. The summed E-state index contributed by atoms with van der Waals surface area (Å²) in [4.78, 5) is 8.58. The maximum Gasteiger partial charge on any atom is 0.168 e. The van der Waals surface area contributed by atoms with Gasteiger partial charge in [-0.1, -0.05) is 11.8 Å². The van der Waals surface area contributed by atoms with Gasteiger partial charge in [-0.25, -0.2) is 9.97 Å². The molecule has 2 aromatic rings. The molecule has 0 amide bonds. The first-order chi connectivity index (χ1) is 8.26. The maximum absolute atomic E-state index is 9.08. The minimum absolute atomic E-state index is 0.0215. The standard InChI is InChI=1S/C11H16N4OS/c1-3-15-5-4-12-10(15)8-17-11-13-6-9(7-16)14(11)2/h4-6,16H,3,7-8H2,1-2H3. The summed E-state index contributed by atoms with van der Waals surface area (Å²) in [6, 6.07) is 0. The maximum atomic E-state index is 9.08. The number of aliphatic hydroxyl groups excluding tert-OH is 1. The normalized spacial score (nSPS) is 11.0. The van der Waals surface area contributed by atoms with Crippen LogP contribution >= 0.6 is 11.8 Å². The Hall–Kier alpha value is -1.27. The minimum Gasteiger partial charge on any atom is -0.390 e. The summed E-state index contributed by atoms with van der Waals surface area (Å²) in [7, 11) is 1.91. The number of thioether (sulfide) groups is 1. The molecule has 0 aliphatic heterocycles. The van der Waals surface area contributed by atoms with Gasteiger partial charge in [-0.05, 0) is 6.92 Å². The highest BCUT2D eigenvalue weighted by Crippen LogP contribution is 2.21. The quantitative estimate of drug-likeness (QED) is 0.818. The second kappa shape index (κ2) is 5.37. The van der Waals surface area contributed by atoms with E-state index < -0.39 is 0 Å². The third-order valence-corrected chi connectivity index (χ3v) is 3.72. The van der Waals surface area contributed by atoms with Gasteiger partial charge in [0.05, 0.1) is 24.3 Å². The van der Waals surface area contributed by atoms with Crippen LogP contribution in [0, 0.1) is 0 Å². The van der Waals surface area contributed by atoms with Gasteiger partial charge in [-0.2, -0.15) is 0 Å². The Labute approximate surface area is 105 Å². The first kappa shape index (κ1) is 12.2. The van der Waals surface area contributed by atoms with Crippen LogP contribution in [0.15, 0.2) is 23.7 Å². The molecule has 2 heterocycles. The zero-order chi connectivity index (χ0) is 12.3. The van der Waals surface area contributed by atoms with Crippen molar-refractivity contribution in [3.8, 4) is 0 Å². The van der Waals surface area contributed by atoms with E-state index in [9.17, 15) is 0 Å². The van der Waals surface area contributed by atoms with E-state index in [4.69, 9.17) is 5.11 Å². The zero-order valence-corrected chi connectivity index (χ0v) is 10.8. The highest BCUT2D eigenvalue weighted by molar-refractivity contribution is 7.98. The van der Waals surface area contributed by atoms with Crippen molar-refractivity contribution in [3.63, 3.8) is 0 Å². The number of hydrogen-bond acceptors (Lipinski definition) is 4. The molecule has 0 spiro atoms. The summed E-state index contributed by atoms with van der Waals surface area (Å²) < 4.78 is 4.02. The number of nitrogens with zero attached hydrogens (tertiary/aromatic N) is 4. The summed E-state index contributed by atoms with van der Waals surface area (Å²) in [6.07, 6.45) is 5.50. The largest absolute Gasteiger partial charge is 0.390 e. The predicted octanol–water partition coefficient (Wildman–Crippen LogP) is 1.42. The molecule has 2 aromatic heterocycles. The van der Waals surface area contributed by atoms with Crippen molar-refractivity contribution in [1.29, 1.82) is 0 Å². The Bertz CT molecular complexity index is 491. The molecule has 0 saturated carbocycles. The number of aromatic nitrogens is 4. The molecule has 0 atom stereocenters. The summed E-state index contributed by atoms with van der Waals surface area (Å²) in [5.41, 5.74) is 0.825. The lowest BCUT2D eigenvalue weighted by Gasteiger charge is -2.05. The van der Waals surface area contributed by atoms with Crippen molar-refractivity contribution in [3.05, 3.63) is 30.1 Å². The van der Waals surface area contributed by atoms with E-state index in [1.165, 1.54) is 0 Å². The van der Waals surface area contributed by atoms with E-state index in [-0.39, 0.29) is 6.61 Å². The van der Waals surface area contributed by atoms with Gasteiger partial charge in [-0.3, -0.25) is 0 Å². The second-order valence-corrected chi connectivity index (χ2v) is 4.61. The molecule has 0 aliphatic carbocycles. The van der Waals surface area contributed by atoms with Gasteiger partial charge in [0.1, 0.15) is 5.82 Å². The third kappa shape index (κ3) is 2.53. The molecule has 1 N–H and O–H groups in total. The van der Waals surface area contributed by atoms with Crippen LogP contribution in [-0.2, 0) is 26.0 Å². The number of imidazole rings is 2. The molecule has 92 valence electrons. The molecule has 0 fully saturated rings. The van der Waals surface area contributed by atoms with E-state index in [1.807, 2.05) is 24.0 Å². The minimum atomic E-state index is 0.0215. The van der Waals surface area contributed by atoms with Crippen LogP contribution in [0.25, 0.3) is 0 Å². The molecule has 2 rings (SSSR count). The average Bonchev–Trinajstić information content (AvgIpc) is 2.93. The van der Waals surface area contributed by atoms with Gasteiger partial charge in [0.25, 0.3) is 0 Å². The molecule has 0 saturated heterocycles. The van der Waals surface area contributed by atoms with Crippen LogP contribution in [0.3, 0.4) is 0 Å². The van der Waals surface area contributed by atoms with Crippen LogP contribution in [-0.4, -0.2) is 24.2 Å². The first-order valence-corrected chi connectivity index (χ1v) is 6.49. The van der Waals surface area contributed by atoms with Crippen molar-refractivity contribution >= 4 is 11.8 Å².